The lowest BCUT2D eigenvalue weighted by molar-refractivity contribution is 0.0697. The standard InChI is InChI=1S/C15H16N2O3/c1-10-6-7-16-14(13(10)15(18)19)17-9-11-4-3-5-12(8-11)20-2/h3-8H,9H2,1-2H3,(H,16,17)(H,18,19). The van der Waals surface area contributed by atoms with Crippen LogP contribution < -0.4 is 10.1 Å². The third kappa shape index (κ3) is 3.06. The van der Waals surface area contributed by atoms with Gasteiger partial charge in [0.2, 0.25) is 0 Å². The normalized spacial score (nSPS) is 10.1. The number of ether oxygens (including phenoxy) is 1. The number of nitrogens with zero attached hydrogens (tertiary/aromatic N) is 1. The Balaban J connectivity index is 2.18. The van der Waals surface area contributed by atoms with Gasteiger partial charge in [0.05, 0.1) is 7.11 Å². The first kappa shape index (κ1) is 13.9. The Labute approximate surface area is 117 Å². The third-order valence-corrected chi connectivity index (χ3v) is 2.97. The highest BCUT2D eigenvalue weighted by Gasteiger charge is 2.13. The number of aryl methyl sites for hydroxylation is 1. The molecule has 104 valence electrons. The van der Waals surface area contributed by atoms with Crippen molar-refractivity contribution in [1.82, 2.24) is 4.98 Å². The van der Waals surface area contributed by atoms with E-state index < -0.39 is 5.97 Å². The van der Waals surface area contributed by atoms with Gasteiger partial charge in [0.1, 0.15) is 17.1 Å². The number of benzene rings is 1. The summed E-state index contributed by atoms with van der Waals surface area (Å²) in [6.45, 7) is 2.23. The van der Waals surface area contributed by atoms with Gasteiger partial charge in [0.25, 0.3) is 0 Å². The Bertz CT molecular complexity index is 626. The largest absolute Gasteiger partial charge is 0.497 e. The molecule has 0 aliphatic heterocycles. The van der Waals surface area contributed by atoms with Crippen molar-refractivity contribution in [3.8, 4) is 5.75 Å². The van der Waals surface area contributed by atoms with E-state index in [0.29, 0.717) is 17.9 Å². The van der Waals surface area contributed by atoms with Gasteiger partial charge < -0.3 is 15.2 Å². The summed E-state index contributed by atoms with van der Waals surface area (Å²) in [4.78, 5) is 15.3. The van der Waals surface area contributed by atoms with Gasteiger partial charge in [-0.2, -0.15) is 0 Å². The molecule has 0 atom stereocenters. The lowest BCUT2D eigenvalue weighted by atomic mass is 10.1. The van der Waals surface area contributed by atoms with E-state index in [4.69, 9.17) is 4.74 Å². The topological polar surface area (TPSA) is 71.5 Å². The van der Waals surface area contributed by atoms with Crippen LogP contribution in [0.1, 0.15) is 21.5 Å². The zero-order valence-corrected chi connectivity index (χ0v) is 11.4. The van der Waals surface area contributed by atoms with Crippen LogP contribution in [0, 0.1) is 6.92 Å². The number of aromatic carboxylic acids is 1. The molecule has 0 spiro atoms. The number of methoxy groups -OCH3 is 1. The number of pyridine rings is 1. The molecule has 2 N–H and O–H groups in total. The van der Waals surface area contributed by atoms with Crippen LogP contribution >= 0.6 is 0 Å². The van der Waals surface area contributed by atoms with E-state index in [-0.39, 0.29) is 5.56 Å². The van der Waals surface area contributed by atoms with E-state index in [1.54, 1.807) is 26.3 Å². The molecule has 0 aliphatic carbocycles. The molecule has 0 fully saturated rings. The second-order valence-corrected chi connectivity index (χ2v) is 4.36. The molecule has 5 heteroatoms. The molecule has 0 bridgehead atoms. The highest BCUT2D eigenvalue weighted by atomic mass is 16.5. The Kier molecular flexibility index (Phi) is 4.20. The van der Waals surface area contributed by atoms with Crippen molar-refractivity contribution in [2.75, 3.05) is 12.4 Å². The number of aromatic nitrogens is 1. The van der Waals surface area contributed by atoms with E-state index in [2.05, 4.69) is 10.3 Å². The maximum Gasteiger partial charge on any atom is 0.339 e. The Morgan fingerprint density at radius 2 is 2.20 bits per heavy atom. The van der Waals surface area contributed by atoms with Gasteiger partial charge in [-0.05, 0) is 36.2 Å². The summed E-state index contributed by atoms with van der Waals surface area (Å²) in [6, 6.07) is 9.25. The molecule has 0 unspecified atom stereocenters. The van der Waals surface area contributed by atoms with Gasteiger partial charge in [0, 0.05) is 12.7 Å². The summed E-state index contributed by atoms with van der Waals surface area (Å²) >= 11 is 0. The fraction of sp³-hybridized carbons (Fsp3) is 0.200. The predicted molar refractivity (Wildman–Crippen MR) is 76.3 cm³/mol. The fourth-order valence-electron chi connectivity index (χ4n) is 1.93. The molecule has 0 saturated carbocycles. The van der Waals surface area contributed by atoms with Gasteiger partial charge in [-0.1, -0.05) is 12.1 Å². The highest BCUT2D eigenvalue weighted by molar-refractivity contribution is 5.94. The smallest absolute Gasteiger partial charge is 0.339 e. The molecule has 0 amide bonds. The lowest BCUT2D eigenvalue weighted by Crippen LogP contribution is -2.10. The number of nitrogens with one attached hydrogen (secondary N) is 1. The van der Waals surface area contributed by atoms with Gasteiger partial charge in [0.15, 0.2) is 0 Å². The molecule has 20 heavy (non-hydrogen) atoms. The molecule has 2 rings (SSSR count). The SMILES string of the molecule is COc1cccc(CNc2nccc(C)c2C(=O)O)c1. The van der Waals surface area contributed by atoms with Gasteiger partial charge >= 0.3 is 5.97 Å². The highest BCUT2D eigenvalue weighted by Crippen LogP contribution is 2.18. The van der Waals surface area contributed by atoms with Crippen LogP contribution in [0.4, 0.5) is 5.82 Å². The van der Waals surface area contributed by atoms with Crippen molar-refractivity contribution in [3.05, 3.63) is 53.2 Å². The molecule has 0 saturated heterocycles. The minimum atomic E-state index is -0.983. The summed E-state index contributed by atoms with van der Waals surface area (Å²) in [5.74, 6) is 0.157. The maximum atomic E-state index is 11.3. The monoisotopic (exact) mass is 272 g/mol. The molecular weight excluding hydrogens is 256 g/mol. The lowest BCUT2D eigenvalue weighted by Gasteiger charge is -2.11. The van der Waals surface area contributed by atoms with Gasteiger partial charge in [-0.25, -0.2) is 9.78 Å². The van der Waals surface area contributed by atoms with Crippen LogP contribution in [-0.4, -0.2) is 23.2 Å². The summed E-state index contributed by atoms with van der Waals surface area (Å²) in [7, 11) is 1.61. The van der Waals surface area contributed by atoms with E-state index in [1.807, 2.05) is 24.3 Å². The predicted octanol–water partition coefficient (Wildman–Crippen LogP) is 2.71. The van der Waals surface area contributed by atoms with Crippen LogP contribution in [0.5, 0.6) is 5.75 Å². The van der Waals surface area contributed by atoms with Gasteiger partial charge in [-0.15, -0.1) is 0 Å². The second-order valence-electron chi connectivity index (χ2n) is 4.36. The summed E-state index contributed by atoms with van der Waals surface area (Å²) in [6.07, 6.45) is 1.59. The summed E-state index contributed by atoms with van der Waals surface area (Å²) < 4.78 is 5.15. The average Bonchev–Trinajstić information content (AvgIpc) is 2.45. The van der Waals surface area contributed by atoms with Crippen molar-refractivity contribution in [3.63, 3.8) is 0 Å². The van der Waals surface area contributed by atoms with Crippen LogP contribution in [0.3, 0.4) is 0 Å². The first-order chi connectivity index (χ1) is 9.61. The molecule has 0 radical (unpaired) electrons. The van der Waals surface area contributed by atoms with Crippen LogP contribution in [-0.2, 0) is 6.54 Å². The number of hydrogen-bond donors (Lipinski definition) is 2. The second kappa shape index (κ2) is 6.06. The third-order valence-electron chi connectivity index (χ3n) is 2.97. The molecule has 1 heterocycles. The molecule has 2 aromatic rings. The number of carbonyl (C=O) groups is 1. The first-order valence-corrected chi connectivity index (χ1v) is 6.17. The summed E-state index contributed by atoms with van der Waals surface area (Å²) in [5, 5.41) is 12.3. The minimum Gasteiger partial charge on any atom is -0.497 e. The van der Waals surface area contributed by atoms with Crippen molar-refractivity contribution >= 4 is 11.8 Å². The van der Waals surface area contributed by atoms with E-state index in [9.17, 15) is 9.90 Å². The zero-order valence-electron chi connectivity index (χ0n) is 11.4. The Hall–Kier alpha value is -2.56. The molecule has 1 aromatic heterocycles. The average molecular weight is 272 g/mol. The molecule has 5 nitrogen and oxygen atoms in total. The van der Waals surface area contributed by atoms with Crippen molar-refractivity contribution < 1.29 is 14.6 Å². The van der Waals surface area contributed by atoms with Crippen molar-refractivity contribution in [2.45, 2.75) is 13.5 Å². The fourth-order valence-corrected chi connectivity index (χ4v) is 1.93. The molecular formula is C15H16N2O3. The van der Waals surface area contributed by atoms with Crippen molar-refractivity contribution in [2.24, 2.45) is 0 Å². The van der Waals surface area contributed by atoms with E-state index >= 15 is 0 Å². The van der Waals surface area contributed by atoms with Crippen LogP contribution in [0.2, 0.25) is 0 Å². The minimum absolute atomic E-state index is 0.204. The quantitative estimate of drug-likeness (QED) is 0.875. The molecule has 0 aliphatic rings. The maximum absolute atomic E-state index is 11.3. The number of hydrogen-bond acceptors (Lipinski definition) is 4. The number of carboxylic acid groups (broad SMARTS) is 1. The molecule has 1 aromatic carbocycles. The zero-order chi connectivity index (χ0) is 14.5. The van der Waals surface area contributed by atoms with E-state index in [0.717, 1.165) is 11.3 Å². The van der Waals surface area contributed by atoms with Crippen LogP contribution in [0.15, 0.2) is 36.5 Å². The Morgan fingerprint density at radius 1 is 1.40 bits per heavy atom. The van der Waals surface area contributed by atoms with E-state index in [1.165, 1.54) is 0 Å². The van der Waals surface area contributed by atoms with Crippen molar-refractivity contribution in [1.29, 1.82) is 0 Å². The number of anilines is 1. The summed E-state index contributed by atoms with van der Waals surface area (Å²) in [5.41, 5.74) is 1.88. The Morgan fingerprint density at radius 3 is 2.90 bits per heavy atom. The van der Waals surface area contributed by atoms with Gasteiger partial charge in [-0.3, -0.25) is 0 Å². The van der Waals surface area contributed by atoms with Crippen LogP contribution in [0.25, 0.3) is 0 Å². The number of rotatable bonds is 5. The number of carboxylic acids is 1. The first-order valence-electron chi connectivity index (χ1n) is 6.17.